The molecule has 0 radical (unpaired) electrons. The molecule has 0 aliphatic rings. The number of rotatable bonds is 5. The van der Waals surface area contributed by atoms with Gasteiger partial charge in [-0.25, -0.2) is 4.39 Å². The number of fused-ring (bicyclic) bond motifs is 1. The van der Waals surface area contributed by atoms with E-state index in [4.69, 9.17) is 4.42 Å². The Balaban J connectivity index is 2.27. The van der Waals surface area contributed by atoms with E-state index in [1.165, 1.54) is 12.1 Å². The molecule has 0 unspecified atom stereocenters. The first-order valence-electron chi connectivity index (χ1n) is 7.18. The molecule has 0 amide bonds. The summed E-state index contributed by atoms with van der Waals surface area (Å²) in [5.41, 5.74) is 0.649. The van der Waals surface area contributed by atoms with Crippen LogP contribution in [0.2, 0.25) is 0 Å². The average molecular weight is 311 g/mol. The van der Waals surface area contributed by atoms with Gasteiger partial charge in [0.15, 0.2) is 0 Å². The van der Waals surface area contributed by atoms with Crippen molar-refractivity contribution in [3.8, 4) is 0 Å². The fraction of sp³-hybridized carbons (Fsp3) is 0.500. The summed E-state index contributed by atoms with van der Waals surface area (Å²) >= 11 is -1.18. The van der Waals surface area contributed by atoms with Crippen LogP contribution < -0.4 is 4.72 Å². The molecule has 0 fully saturated rings. The van der Waals surface area contributed by atoms with Gasteiger partial charge >= 0.3 is 0 Å². The fourth-order valence-corrected chi connectivity index (χ4v) is 2.91. The quantitative estimate of drug-likeness (QED) is 0.829. The molecule has 1 heterocycles. The molecule has 0 aliphatic heterocycles. The Morgan fingerprint density at radius 3 is 2.67 bits per heavy atom. The van der Waals surface area contributed by atoms with Crippen LogP contribution >= 0.6 is 0 Å². The molecule has 3 nitrogen and oxygen atoms in total. The topological polar surface area (TPSA) is 48.2 Å². The summed E-state index contributed by atoms with van der Waals surface area (Å²) in [6.07, 6.45) is 1.74. The van der Waals surface area contributed by atoms with Gasteiger partial charge in [-0.1, -0.05) is 13.3 Å². The molecule has 1 aromatic heterocycles. The van der Waals surface area contributed by atoms with Crippen LogP contribution in [0.3, 0.4) is 0 Å². The third kappa shape index (κ3) is 3.99. The van der Waals surface area contributed by atoms with Crippen molar-refractivity contribution in [3.05, 3.63) is 35.8 Å². The maximum atomic E-state index is 13.3. The second-order valence-electron chi connectivity index (χ2n) is 6.17. The molecule has 5 heteroatoms. The monoisotopic (exact) mass is 311 g/mol. The number of furan rings is 1. The Hall–Kier alpha value is -1.04. The molecule has 2 rings (SSSR count). The van der Waals surface area contributed by atoms with Gasteiger partial charge in [-0.2, -0.15) is 0 Å². The predicted octanol–water partition coefficient (Wildman–Crippen LogP) is 4.46. The van der Waals surface area contributed by atoms with Crippen molar-refractivity contribution in [2.24, 2.45) is 0 Å². The third-order valence-electron chi connectivity index (χ3n) is 3.22. The largest absolute Gasteiger partial charge is 0.598 e. The van der Waals surface area contributed by atoms with Gasteiger partial charge in [0.05, 0.1) is 0 Å². The summed E-state index contributed by atoms with van der Waals surface area (Å²) in [5, 5.41) is 0.731. The first-order valence-corrected chi connectivity index (χ1v) is 8.33. The first-order chi connectivity index (χ1) is 9.81. The number of hydrogen-bond acceptors (Lipinski definition) is 3. The summed E-state index contributed by atoms with van der Waals surface area (Å²) in [6, 6.07) is 6.14. The van der Waals surface area contributed by atoms with Gasteiger partial charge in [-0.3, -0.25) is 0 Å². The highest BCUT2D eigenvalue weighted by atomic mass is 32.2. The lowest BCUT2D eigenvalue weighted by Crippen LogP contribution is -2.41. The summed E-state index contributed by atoms with van der Waals surface area (Å²) < 4.78 is 34.1. The molecule has 0 bridgehead atoms. The standard InChI is InChI=1S/C16H22FNO2S/c1-5-6-13(18-21(19)16(2,3)4)15-10-11-9-12(17)7-8-14(11)20-15/h7-10,13,18H,5-6H2,1-4H3/t13-,21-/m1/s1. The highest BCUT2D eigenvalue weighted by molar-refractivity contribution is 7.90. The minimum absolute atomic E-state index is 0.134. The van der Waals surface area contributed by atoms with Gasteiger partial charge in [-0.15, -0.1) is 4.72 Å². The number of nitrogens with one attached hydrogen (secondary N) is 1. The van der Waals surface area contributed by atoms with Crippen molar-refractivity contribution >= 4 is 22.3 Å². The van der Waals surface area contributed by atoms with Crippen LogP contribution in [0.5, 0.6) is 0 Å². The molecule has 2 aromatic rings. The van der Waals surface area contributed by atoms with Gasteiger partial charge in [-0.05, 0) is 51.5 Å². The van der Waals surface area contributed by atoms with Crippen LogP contribution in [0.15, 0.2) is 28.7 Å². The maximum absolute atomic E-state index is 13.3. The van der Waals surface area contributed by atoms with Crippen LogP contribution in [0.1, 0.15) is 52.3 Å². The van der Waals surface area contributed by atoms with E-state index in [0.29, 0.717) is 11.3 Å². The smallest absolute Gasteiger partial charge is 0.136 e. The van der Waals surface area contributed by atoms with E-state index in [1.54, 1.807) is 6.07 Å². The third-order valence-corrected chi connectivity index (χ3v) is 4.83. The second-order valence-corrected chi connectivity index (χ2v) is 8.17. The number of benzene rings is 1. The lowest BCUT2D eigenvalue weighted by molar-refractivity contribution is 0.439. The molecule has 0 saturated carbocycles. The minimum atomic E-state index is -1.18. The molecule has 0 saturated heterocycles. The van der Waals surface area contributed by atoms with E-state index in [1.807, 2.05) is 26.8 Å². The summed E-state index contributed by atoms with van der Waals surface area (Å²) in [7, 11) is 0. The average Bonchev–Trinajstić information content (AvgIpc) is 2.79. The molecule has 21 heavy (non-hydrogen) atoms. The Kier molecular flexibility index (Phi) is 4.96. The number of halogens is 1. The maximum Gasteiger partial charge on any atom is 0.136 e. The zero-order chi connectivity index (χ0) is 15.6. The Labute approximate surface area is 128 Å². The molecule has 0 spiro atoms. The van der Waals surface area contributed by atoms with Crippen molar-refractivity contribution in [1.82, 2.24) is 4.72 Å². The Morgan fingerprint density at radius 1 is 1.33 bits per heavy atom. The van der Waals surface area contributed by atoms with Gasteiger partial charge in [0, 0.05) is 16.7 Å². The zero-order valence-electron chi connectivity index (χ0n) is 12.9. The molecule has 1 aromatic carbocycles. The molecular formula is C16H22FNO2S. The van der Waals surface area contributed by atoms with Crippen molar-refractivity contribution in [3.63, 3.8) is 0 Å². The Bertz CT molecular complexity index is 606. The highest BCUT2D eigenvalue weighted by Gasteiger charge is 2.30. The lowest BCUT2D eigenvalue weighted by atomic mass is 10.1. The van der Waals surface area contributed by atoms with Gasteiger partial charge in [0.2, 0.25) is 0 Å². The van der Waals surface area contributed by atoms with Gasteiger partial charge in [0.25, 0.3) is 0 Å². The SMILES string of the molecule is CCC[C@@H](N[S@+]([O-])C(C)(C)C)c1cc2cc(F)ccc2o1. The van der Waals surface area contributed by atoms with Crippen molar-refractivity contribution in [2.75, 3.05) is 0 Å². The zero-order valence-corrected chi connectivity index (χ0v) is 13.7. The highest BCUT2D eigenvalue weighted by Crippen LogP contribution is 2.29. The fourth-order valence-electron chi connectivity index (χ4n) is 2.06. The van der Waals surface area contributed by atoms with Gasteiger partial charge in [0.1, 0.15) is 27.9 Å². The van der Waals surface area contributed by atoms with Crippen LogP contribution in [0, 0.1) is 5.82 Å². The predicted molar refractivity (Wildman–Crippen MR) is 84.9 cm³/mol. The van der Waals surface area contributed by atoms with E-state index in [9.17, 15) is 8.94 Å². The molecule has 116 valence electrons. The summed E-state index contributed by atoms with van der Waals surface area (Å²) in [4.78, 5) is 0. The van der Waals surface area contributed by atoms with E-state index in [0.717, 1.165) is 18.2 Å². The Morgan fingerprint density at radius 2 is 2.05 bits per heavy atom. The second kappa shape index (κ2) is 6.38. The van der Waals surface area contributed by atoms with Crippen molar-refractivity contribution in [1.29, 1.82) is 0 Å². The first kappa shape index (κ1) is 16.3. The van der Waals surface area contributed by atoms with Crippen LogP contribution in [-0.4, -0.2) is 9.30 Å². The lowest BCUT2D eigenvalue weighted by Gasteiger charge is -2.27. The summed E-state index contributed by atoms with van der Waals surface area (Å²) in [5.74, 6) is 0.420. The molecule has 2 atom stereocenters. The van der Waals surface area contributed by atoms with Crippen LogP contribution in [-0.2, 0) is 11.4 Å². The minimum Gasteiger partial charge on any atom is -0.598 e. The van der Waals surface area contributed by atoms with E-state index < -0.39 is 11.4 Å². The van der Waals surface area contributed by atoms with Crippen molar-refractivity contribution in [2.45, 2.75) is 51.3 Å². The van der Waals surface area contributed by atoms with E-state index in [2.05, 4.69) is 11.6 Å². The van der Waals surface area contributed by atoms with E-state index >= 15 is 0 Å². The van der Waals surface area contributed by atoms with Crippen LogP contribution in [0.25, 0.3) is 11.0 Å². The van der Waals surface area contributed by atoms with Crippen LogP contribution in [0.4, 0.5) is 4.39 Å². The van der Waals surface area contributed by atoms with Gasteiger partial charge < -0.3 is 8.97 Å². The van der Waals surface area contributed by atoms with E-state index in [-0.39, 0.29) is 16.6 Å². The molecule has 1 N–H and O–H groups in total. The van der Waals surface area contributed by atoms with Crippen molar-refractivity contribution < 1.29 is 13.4 Å². The molecule has 0 aliphatic carbocycles. The normalized spacial score (nSPS) is 15.3. The molecular weight excluding hydrogens is 289 g/mol. The number of hydrogen-bond donors (Lipinski definition) is 1. The summed E-state index contributed by atoms with van der Waals surface area (Å²) in [6.45, 7) is 7.84.